The average Bonchev–Trinajstić information content (AvgIpc) is 3.17. The van der Waals surface area contributed by atoms with Gasteiger partial charge in [-0.25, -0.2) is 0 Å². The first-order valence-electron chi connectivity index (χ1n) is 10.5. The normalized spacial score (nSPS) is 19.6. The topological polar surface area (TPSA) is 62.5 Å². The van der Waals surface area contributed by atoms with Crippen LogP contribution in [0.3, 0.4) is 0 Å². The predicted molar refractivity (Wildman–Crippen MR) is 108 cm³/mol. The van der Waals surface area contributed by atoms with E-state index in [-0.39, 0.29) is 11.8 Å². The highest BCUT2D eigenvalue weighted by Crippen LogP contribution is 2.37. The Bertz CT molecular complexity index is 787. The van der Waals surface area contributed by atoms with Gasteiger partial charge in [-0.3, -0.25) is 4.79 Å². The lowest BCUT2D eigenvalue weighted by Crippen LogP contribution is -2.51. The molecule has 28 heavy (non-hydrogen) atoms. The maximum absolute atomic E-state index is 13.6. The Kier molecular flexibility index (Phi) is 5.64. The van der Waals surface area contributed by atoms with Crippen molar-refractivity contribution in [2.75, 3.05) is 31.1 Å². The number of benzene rings is 1. The maximum Gasteiger partial charge on any atom is 0.318 e. The highest BCUT2D eigenvalue weighted by atomic mass is 16.4. The molecule has 1 atom stereocenters. The van der Waals surface area contributed by atoms with Crippen molar-refractivity contribution in [3.63, 3.8) is 0 Å². The number of rotatable bonds is 4. The van der Waals surface area contributed by atoms with E-state index in [1.807, 2.05) is 4.90 Å². The van der Waals surface area contributed by atoms with Crippen molar-refractivity contribution in [2.24, 2.45) is 5.92 Å². The molecule has 1 aliphatic heterocycles. The fourth-order valence-electron chi connectivity index (χ4n) is 4.59. The molecule has 6 nitrogen and oxygen atoms in total. The standard InChI is InChI=1S/C22H30N4O2/c1-16-8-10-19(11-9-16)20(18-6-4-3-5-7-18)21(27)25-12-14-26(15-13-25)22-24-23-17(2)28-22/h8-11,18,20H,3-7,12-15H2,1-2H3. The number of amides is 1. The third-order valence-electron chi connectivity index (χ3n) is 6.20. The van der Waals surface area contributed by atoms with Gasteiger partial charge in [0.05, 0.1) is 5.92 Å². The van der Waals surface area contributed by atoms with Crippen molar-refractivity contribution in [1.82, 2.24) is 15.1 Å². The monoisotopic (exact) mass is 382 g/mol. The van der Waals surface area contributed by atoms with Crippen molar-refractivity contribution in [3.8, 4) is 0 Å². The molecule has 1 amide bonds. The van der Waals surface area contributed by atoms with Crippen LogP contribution < -0.4 is 4.90 Å². The Morgan fingerprint density at radius 3 is 2.29 bits per heavy atom. The van der Waals surface area contributed by atoms with E-state index < -0.39 is 0 Å². The molecule has 1 unspecified atom stereocenters. The molecule has 2 heterocycles. The Hall–Kier alpha value is -2.37. The molecule has 0 bridgehead atoms. The number of aromatic nitrogens is 2. The molecular formula is C22H30N4O2. The molecule has 2 fully saturated rings. The first kappa shape index (κ1) is 19.0. The molecular weight excluding hydrogens is 352 g/mol. The molecule has 0 spiro atoms. The molecule has 0 N–H and O–H groups in total. The van der Waals surface area contributed by atoms with Crippen LogP contribution in [0.15, 0.2) is 28.7 Å². The molecule has 1 saturated heterocycles. The summed E-state index contributed by atoms with van der Waals surface area (Å²) in [6, 6.07) is 9.14. The molecule has 150 valence electrons. The van der Waals surface area contributed by atoms with Gasteiger partial charge in [0.25, 0.3) is 0 Å². The van der Waals surface area contributed by atoms with Crippen molar-refractivity contribution in [3.05, 3.63) is 41.3 Å². The van der Waals surface area contributed by atoms with Crippen LogP contribution in [0.2, 0.25) is 0 Å². The van der Waals surface area contributed by atoms with Crippen LogP contribution in [-0.4, -0.2) is 47.2 Å². The van der Waals surface area contributed by atoms with Crippen LogP contribution >= 0.6 is 0 Å². The van der Waals surface area contributed by atoms with Crippen LogP contribution in [0.4, 0.5) is 6.01 Å². The number of anilines is 1. The Labute approximate surface area is 166 Å². The van der Waals surface area contributed by atoms with E-state index in [1.54, 1.807) is 6.92 Å². The highest BCUT2D eigenvalue weighted by Gasteiger charge is 2.35. The summed E-state index contributed by atoms with van der Waals surface area (Å²) in [5.74, 6) is 1.31. The van der Waals surface area contributed by atoms with Gasteiger partial charge < -0.3 is 14.2 Å². The Morgan fingerprint density at radius 1 is 1.00 bits per heavy atom. The minimum Gasteiger partial charge on any atom is -0.408 e. The Balaban J connectivity index is 1.48. The quantitative estimate of drug-likeness (QED) is 0.807. The van der Waals surface area contributed by atoms with E-state index in [1.165, 1.54) is 30.4 Å². The van der Waals surface area contributed by atoms with Crippen molar-refractivity contribution >= 4 is 11.9 Å². The lowest BCUT2D eigenvalue weighted by molar-refractivity contribution is -0.134. The summed E-state index contributed by atoms with van der Waals surface area (Å²) in [5.41, 5.74) is 2.42. The van der Waals surface area contributed by atoms with Gasteiger partial charge in [0.15, 0.2) is 0 Å². The van der Waals surface area contributed by atoms with Crippen LogP contribution in [0.5, 0.6) is 0 Å². The molecule has 1 aliphatic carbocycles. The van der Waals surface area contributed by atoms with Crippen molar-refractivity contribution in [1.29, 1.82) is 0 Å². The molecule has 1 aromatic carbocycles. The van der Waals surface area contributed by atoms with Gasteiger partial charge in [-0.05, 0) is 31.2 Å². The summed E-state index contributed by atoms with van der Waals surface area (Å²) in [6.07, 6.45) is 6.10. The lowest BCUT2D eigenvalue weighted by atomic mass is 9.76. The molecule has 0 radical (unpaired) electrons. The Morgan fingerprint density at radius 2 is 1.68 bits per heavy atom. The van der Waals surface area contributed by atoms with E-state index in [4.69, 9.17) is 4.42 Å². The fraction of sp³-hybridized carbons (Fsp3) is 0.591. The van der Waals surface area contributed by atoms with Gasteiger partial charge in [-0.1, -0.05) is 54.2 Å². The van der Waals surface area contributed by atoms with Gasteiger partial charge in [0.1, 0.15) is 0 Å². The number of piperazine rings is 1. The zero-order chi connectivity index (χ0) is 19.5. The van der Waals surface area contributed by atoms with E-state index in [0.29, 0.717) is 30.9 Å². The van der Waals surface area contributed by atoms with Gasteiger partial charge in [-0.2, -0.15) is 0 Å². The molecule has 1 aromatic heterocycles. The number of carbonyl (C=O) groups is 1. The summed E-state index contributed by atoms with van der Waals surface area (Å²) in [5, 5.41) is 8.02. The van der Waals surface area contributed by atoms with E-state index in [9.17, 15) is 4.79 Å². The van der Waals surface area contributed by atoms with Gasteiger partial charge in [0.2, 0.25) is 11.8 Å². The SMILES string of the molecule is Cc1ccc(C(C(=O)N2CCN(c3nnc(C)o3)CC2)C2CCCCC2)cc1. The van der Waals surface area contributed by atoms with Crippen molar-refractivity contribution in [2.45, 2.75) is 51.9 Å². The van der Waals surface area contributed by atoms with Gasteiger partial charge in [-0.15, -0.1) is 5.10 Å². The second-order valence-electron chi connectivity index (χ2n) is 8.20. The zero-order valence-corrected chi connectivity index (χ0v) is 16.9. The molecule has 2 aliphatic rings. The maximum atomic E-state index is 13.6. The number of hydrogen-bond acceptors (Lipinski definition) is 5. The molecule has 2 aromatic rings. The van der Waals surface area contributed by atoms with Gasteiger partial charge in [0, 0.05) is 33.1 Å². The van der Waals surface area contributed by atoms with E-state index in [2.05, 4.69) is 46.3 Å². The van der Waals surface area contributed by atoms with E-state index in [0.717, 1.165) is 25.9 Å². The second kappa shape index (κ2) is 8.33. The minimum atomic E-state index is -0.0156. The number of carbonyl (C=O) groups excluding carboxylic acids is 1. The summed E-state index contributed by atoms with van der Waals surface area (Å²) >= 11 is 0. The van der Waals surface area contributed by atoms with Crippen LogP contribution in [0, 0.1) is 19.8 Å². The third kappa shape index (κ3) is 4.05. The smallest absolute Gasteiger partial charge is 0.318 e. The van der Waals surface area contributed by atoms with Gasteiger partial charge >= 0.3 is 6.01 Å². The minimum absolute atomic E-state index is 0.0156. The summed E-state index contributed by atoms with van der Waals surface area (Å²) in [6.45, 7) is 6.77. The first-order chi connectivity index (χ1) is 13.6. The van der Waals surface area contributed by atoms with E-state index >= 15 is 0 Å². The number of hydrogen-bond donors (Lipinski definition) is 0. The zero-order valence-electron chi connectivity index (χ0n) is 16.9. The van der Waals surface area contributed by atoms with Crippen molar-refractivity contribution < 1.29 is 9.21 Å². The number of aryl methyl sites for hydroxylation is 2. The summed E-state index contributed by atoms with van der Waals surface area (Å²) < 4.78 is 5.54. The second-order valence-corrected chi connectivity index (χ2v) is 8.20. The average molecular weight is 383 g/mol. The first-order valence-corrected chi connectivity index (χ1v) is 10.5. The summed E-state index contributed by atoms with van der Waals surface area (Å²) in [7, 11) is 0. The van der Waals surface area contributed by atoms with Crippen LogP contribution in [0.1, 0.15) is 55.0 Å². The third-order valence-corrected chi connectivity index (χ3v) is 6.20. The predicted octanol–water partition coefficient (Wildman–Crippen LogP) is 3.70. The number of nitrogens with zero attached hydrogens (tertiary/aromatic N) is 4. The molecule has 6 heteroatoms. The lowest BCUT2D eigenvalue weighted by Gasteiger charge is -2.38. The van der Waals surface area contributed by atoms with Crippen LogP contribution in [0.25, 0.3) is 0 Å². The fourth-order valence-corrected chi connectivity index (χ4v) is 4.59. The van der Waals surface area contributed by atoms with Crippen LogP contribution in [-0.2, 0) is 4.79 Å². The molecule has 1 saturated carbocycles. The largest absolute Gasteiger partial charge is 0.408 e. The molecule has 4 rings (SSSR count). The summed E-state index contributed by atoms with van der Waals surface area (Å²) in [4.78, 5) is 17.7. The highest BCUT2D eigenvalue weighted by molar-refractivity contribution is 5.84.